The van der Waals surface area contributed by atoms with Crippen LogP contribution in [0, 0.1) is 0 Å². The summed E-state index contributed by atoms with van der Waals surface area (Å²) in [6.07, 6.45) is 6.07. The fraction of sp³-hybridized carbons (Fsp3) is 0.100. The highest BCUT2D eigenvalue weighted by Crippen LogP contribution is 2.54. The molecule has 3 aromatic rings. The molecule has 0 atom stereocenters. The molecule has 31 heavy (non-hydrogen) atoms. The lowest BCUT2D eigenvalue weighted by Gasteiger charge is -2.35. The summed E-state index contributed by atoms with van der Waals surface area (Å²) in [6.45, 7) is 10.2. The van der Waals surface area contributed by atoms with Crippen molar-refractivity contribution in [3.63, 3.8) is 0 Å². The van der Waals surface area contributed by atoms with Crippen LogP contribution >= 0.6 is 0 Å². The molecule has 3 aromatic carbocycles. The molecule has 1 heteroatoms. The SMILES string of the molecule is C=CC(=C)/C(C)=C/C1=C(C=NC)c2ccccc2C1(c1ccccc1)c1ccccc1. The van der Waals surface area contributed by atoms with Crippen LogP contribution in [0.5, 0.6) is 0 Å². The Bertz CT molecular complexity index is 1170. The van der Waals surface area contributed by atoms with Gasteiger partial charge in [0.1, 0.15) is 0 Å². The molecular weight excluding hydrogens is 374 g/mol. The van der Waals surface area contributed by atoms with E-state index in [1.165, 1.54) is 27.8 Å². The first kappa shape index (κ1) is 20.6. The highest BCUT2D eigenvalue weighted by Gasteiger charge is 2.46. The molecule has 0 saturated carbocycles. The summed E-state index contributed by atoms with van der Waals surface area (Å²) in [5.41, 5.74) is 8.86. The predicted octanol–water partition coefficient (Wildman–Crippen LogP) is 7.18. The van der Waals surface area contributed by atoms with Gasteiger partial charge in [-0.1, -0.05) is 110 Å². The van der Waals surface area contributed by atoms with Crippen LogP contribution in [-0.2, 0) is 5.41 Å². The van der Waals surface area contributed by atoms with Gasteiger partial charge in [0.15, 0.2) is 0 Å². The number of hydrogen-bond donors (Lipinski definition) is 0. The molecule has 152 valence electrons. The van der Waals surface area contributed by atoms with Gasteiger partial charge in [0.2, 0.25) is 0 Å². The molecule has 0 unspecified atom stereocenters. The number of aliphatic imine (C=N–C) groups is 1. The number of nitrogens with zero attached hydrogens (tertiary/aromatic N) is 1. The number of hydrogen-bond acceptors (Lipinski definition) is 1. The summed E-state index contributed by atoms with van der Waals surface area (Å²) in [5.74, 6) is 0. The van der Waals surface area contributed by atoms with Crippen molar-refractivity contribution in [1.29, 1.82) is 0 Å². The fourth-order valence-corrected chi connectivity index (χ4v) is 4.63. The van der Waals surface area contributed by atoms with Gasteiger partial charge in [0, 0.05) is 18.8 Å². The van der Waals surface area contributed by atoms with E-state index in [4.69, 9.17) is 0 Å². The number of benzene rings is 3. The van der Waals surface area contributed by atoms with Crippen molar-refractivity contribution in [2.45, 2.75) is 12.3 Å². The summed E-state index contributed by atoms with van der Waals surface area (Å²) >= 11 is 0. The Labute approximate surface area is 185 Å². The molecule has 0 spiro atoms. The smallest absolute Gasteiger partial charge is 0.0714 e. The Morgan fingerprint density at radius 2 is 1.39 bits per heavy atom. The fourth-order valence-electron chi connectivity index (χ4n) is 4.63. The van der Waals surface area contributed by atoms with E-state index in [-0.39, 0.29) is 0 Å². The van der Waals surface area contributed by atoms with E-state index in [0.717, 1.165) is 16.7 Å². The molecule has 0 aliphatic heterocycles. The quantitative estimate of drug-likeness (QED) is 0.306. The minimum absolute atomic E-state index is 0.446. The molecule has 0 amide bonds. The van der Waals surface area contributed by atoms with Crippen LogP contribution < -0.4 is 0 Å². The molecular formula is C30H27N. The predicted molar refractivity (Wildman–Crippen MR) is 134 cm³/mol. The van der Waals surface area contributed by atoms with Gasteiger partial charge < -0.3 is 0 Å². The van der Waals surface area contributed by atoms with Crippen LogP contribution in [0.2, 0.25) is 0 Å². The molecule has 0 bridgehead atoms. The minimum atomic E-state index is -0.446. The van der Waals surface area contributed by atoms with Crippen molar-refractivity contribution in [3.05, 3.63) is 149 Å². The summed E-state index contributed by atoms with van der Waals surface area (Å²) in [4.78, 5) is 4.44. The van der Waals surface area contributed by atoms with Gasteiger partial charge in [-0.15, -0.1) is 0 Å². The Hall–Kier alpha value is -3.71. The van der Waals surface area contributed by atoms with Crippen molar-refractivity contribution in [2.24, 2.45) is 4.99 Å². The lowest BCUT2D eigenvalue weighted by Crippen LogP contribution is -2.29. The summed E-state index contributed by atoms with van der Waals surface area (Å²) in [5, 5.41) is 0. The summed E-state index contributed by atoms with van der Waals surface area (Å²) in [7, 11) is 1.83. The van der Waals surface area contributed by atoms with Crippen LogP contribution in [0.3, 0.4) is 0 Å². The molecule has 1 aliphatic carbocycles. The van der Waals surface area contributed by atoms with Gasteiger partial charge in [-0.2, -0.15) is 0 Å². The average Bonchev–Trinajstić information content (AvgIpc) is 3.10. The van der Waals surface area contributed by atoms with Gasteiger partial charge in [0.05, 0.1) is 5.41 Å². The Morgan fingerprint density at radius 1 is 0.839 bits per heavy atom. The highest BCUT2D eigenvalue weighted by atomic mass is 14.6. The molecule has 0 saturated heterocycles. The van der Waals surface area contributed by atoms with Gasteiger partial charge in [-0.05, 0) is 45.9 Å². The van der Waals surface area contributed by atoms with Crippen molar-refractivity contribution in [2.75, 3.05) is 7.05 Å². The van der Waals surface area contributed by atoms with Crippen molar-refractivity contribution in [1.82, 2.24) is 0 Å². The molecule has 0 heterocycles. The lowest BCUT2D eigenvalue weighted by atomic mass is 9.66. The average molecular weight is 402 g/mol. The van der Waals surface area contributed by atoms with E-state index >= 15 is 0 Å². The van der Waals surface area contributed by atoms with Gasteiger partial charge in [-0.3, -0.25) is 4.99 Å². The van der Waals surface area contributed by atoms with E-state index in [1.54, 1.807) is 0 Å². The zero-order valence-electron chi connectivity index (χ0n) is 18.2. The molecule has 1 nitrogen and oxygen atoms in total. The maximum absolute atomic E-state index is 4.44. The normalized spacial score (nSPS) is 15.2. The van der Waals surface area contributed by atoms with E-state index < -0.39 is 5.41 Å². The van der Waals surface area contributed by atoms with Gasteiger partial charge in [-0.25, -0.2) is 0 Å². The molecule has 0 fully saturated rings. The lowest BCUT2D eigenvalue weighted by molar-refractivity contribution is 0.760. The van der Waals surface area contributed by atoms with Crippen LogP contribution in [0.25, 0.3) is 5.57 Å². The highest BCUT2D eigenvalue weighted by molar-refractivity contribution is 6.16. The van der Waals surface area contributed by atoms with Crippen molar-refractivity contribution >= 4 is 11.8 Å². The minimum Gasteiger partial charge on any atom is -0.296 e. The van der Waals surface area contributed by atoms with Crippen molar-refractivity contribution in [3.8, 4) is 0 Å². The van der Waals surface area contributed by atoms with Crippen LogP contribution in [0.15, 0.2) is 132 Å². The second-order valence-corrected chi connectivity index (χ2v) is 7.80. The summed E-state index contributed by atoms with van der Waals surface area (Å²) in [6, 6.07) is 30.2. The Morgan fingerprint density at radius 3 is 1.94 bits per heavy atom. The largest absolute Gasteiger partial charge is 0.296 e. The maximum atomic E-state index is 4.44. The molecule has 0 aromatic heterocycles. The molecule has 4 rings (SSSR count). The number of allylic oxidation sites excluding steroid dienone is 6. The van der Waals surface area contributed by atoms with Crippen LogP contribution in [0.1, 0.15) is 29.2 Å². The van der Waals surface area contributed by atoms with E-state index in [0.29, 0.717) is 0 Å². The first-order valence-electron chi connectivity index (χ1n) is 10.5. The summed E-state index contributed by atoms with van der Waals surface area (Å²) < 4.78 is 0. The number of rotatable bonds is 6. The first-order valence-corrected chi connectivity index (χ1v) is 10.5. The Balaban J connectivity index is 2.20. The molecule has 0 N–H and O–H groups in total. The van der Waals surface area contributed by atoms with E-state index in [2.05, 4.69) is 116 Å². The monoisotopic (exact) mass is 401 g/mol. The topological polar surface area (TPSA) is 12.4 Å². The Kier molecular flexibility index (Phi) is 5.68. The third-order valence-corrected chi connectivity index (χ3v) is 6.10. The zero-order valence-corrected chi connectivity index (χ0v) is 18.2. The third kappa shape index (κ3) is 3.33. The molecule has 0 radical (unpaired) electrons. The van der Waals surface area contributed by atoms with Crippen LogP contribution in [0.4, 0.5) is 0 Å². The van der Waals surface area contributed by atoms with Crippen LogP contribution in [-0.4, -0.2) is 13.3 Å². The zero-order chi connectivity index (χ0) is 21.8. The second kappa shape index (κ2) is 8.57. The van der Waals surface area contributed by atoms with Gasteiger partial charge in [0.25, 0.3) is 0 Å². The van der Waals surface area contributed by atoms with E-state index in [1.807, 2.05) is 19.3 Å². The maximum Gasteiger partial charge on any atom is 0.0714 e. The van der Waals surface area contributed by atoms with Gasteiger partial charge >= 0.3 is 0 Å². The van der Waals surface area contributed by atoms with Crippen molar-refractivity contribution < 1.29 is 0 Å². The third-order valence-electron chi connectivity index (χ3n) is 6.10. The standard InChI is InChI=1S/C30H27N/c1-5-22(2)23(3)20-29-27(21-31-4)26-18-12-13-19-28(26)30(29,24-14-8-6-9-15-24)25-16-10-7-11-17-25/h5-21H,1-2H2,3-4H3/b23-20+,31-21?. The second-order valence-electron chi connectivity index (χ2n) is 7.80. The van der Waals surface area contributed by atoms with E-state index in [9.17, 15) is 0 Å². The first-order chi connectivity index (χ1) is 15.1. The molecule has 1 aliphatic rings. The number of fused-ring (bicyclic) bond motifs is 1.